The first-order valence-electron chi connectivity index (χ1n) is 5.93. The van der Waals surface area contributed by atoms with E-state index in [1.807, 2.05) is 13.8 Å². The van der Waals surface area contributed by atoms with Gasteiger partial charge in [0.15, 0.2) is 5.82 Å². The first-order chi connectivity index (χ1) is 8.49. The van der Waals surface area contributed by atoms with Crippen LogP contribution in [0.5, 0.6) is 0 Å². The summed E-state index contributed by atoms with van der Waals surface area (Å²) in [5.74, 6) is 2.09. The van der Waals surface area contributed by atoms with Gasteiger partial charge in [-0.3, -0.25) is 0 Å². The van der Waals surface area contributed by atoms with Crippen molar-refractivity contribution in [3.63, 3.8) is 0 Å². The van der Waals surface area contributed by atoms with Gasteiger partial charge in [-0.15, -0.1) is 0 Å². The lowest BCUT2D eigenvalue weighted by atomic mass is 10.0. The zero-order valence-electron chi connectivity index (χ0n) is 11.1. The van der Waals surface area contributed by atoms with Gasteiger partial charge in [0, 0.05) is 17.5 Å². The summed E-state index contributed by atoms with van der Waals surface area (Å²) in [6, 6.07) is 1.79. The number of aromatic nitrogens is 4. The predicted molar refractivity (Wildman–Crippen MR) is 71.0 cm³/mol. The zero-order chi connectivity index (χ0) is 13.3. The van der Waals surface area contributed by atoms with Gasteiger partial charge in [-0.05, 0) is 25.8 Å². The second kappa shape index (κ2) is 4.68. The Morgan fingerprint density at radius 1 is 1.11 bits per heavy atom. The van der Waals surface area contributed by atoms with Crippen LogP contribution in [0, 0.1) is 13.8 Å². The molecule has 18 heavy (non-hydrogen) atoms. The summed E-state index contributed by atoms with van der Waals surface area (Å²) in [6.07, 6.45) is 1.70. The van der Waals surface area contributed by atoms with E-state index in [1.165, 1.54) is 0 Å². The molecule has 2 rings (SSSR count). The topological polar surface area (TPSA) is 77.6 Å². The number of anilines is 1. The molecule has 0 saturated carbocycles. The van der Waals surface area contributed by atoms with Gasteiger partial charge in [0.1, 0.15) is 17.3 Å². The normalized spacial score (nSPS) is 10.9. The molecule has 0 aromatic carbocycles. The van der Waals surface area contributed by atoms with Gasteiger partial charge in [0.05, 0.1) is 0 Å². The summed E-state index contributed by atoms with van der Waals surface area (Å²) in [5.41, 5.74) is 8.62. The molecule has 0 radical (unpaired) electrons. The molecule has 94 valence electrons. The minimum Gasteiger partial charge on any atom is -0.383 e. The number of rotatable bonds is 2. The van der Waals surface area contributed by atoms with E-state index >= 15 is 0 Å². The average molecular weight is 243 g/mol. The maximum atomic E-state index is 6.00. The van der Waals surface area contributed by atoms with Crippen molar-refractivity contribution in [2.45, 2.75) is 33.6 Å². The van der Waals surface area contributed by atoms with Crippen LogP contribution in [0.15, 0.2) is 12.3 Å². The summed E-state index contributed by atoms with van der Waals surface area (Å²) in [4.78, 5) is 17.2. The standard InChI is InChI=1S/C13H17N5/c1-7(2)11-8(3)16-13(18-12(11)14)10-5-6-15-9(4)17-10/h5-7H,1-4H3,(H2,14,16,18). The fourth-order valence-corrected chi connectivity index (χ4v) is 2.01. The number of nitrogen functional groups attached to an aromatic ring is 1. The Balaban J connectivity index is 2.55. The molecular formula is C13H17N5. The minimum atomic E-state index is 0.311. The van der Waals surface area contributed by atoms with Crippen molar-refractivity contribution in [1.82, 2.24) is 19.9 Å². The molecule has 2 N–H and O–H groups in total. The smallest absolute Gasteiger partial charge is 0.180 e. The van der Waals surface area contributed by atoms with Crippen LogP contribution in [0.4, 0.5) is 5.82 Å². The molecule has 2 aromatic rings. The minimum absolute atomic E-state index is 0.311. The van der Waals surface area contributed by atoms with E-state index in [2.05, 4.69) is 33.8 Å². The highest BCUT2D eigenvalue weighted by Gasteiger charge is 2.14. The summed E-state index contributed by atoms with van der Waals surface area (Å²) >= 11 is 0. The lowest BCUT2D eigenvalue weighted by Crippen LogP contribution is -2.07. The molecule has 0 spiro atoms. The van der Waals surface area contributed by atoms with E-state index in [0.29, 0.717) is 29.1 Å². The van der Waals surface area contributed by atoms with E-state index in [9.17, 15) is 0 Å². The SMILES string of the molecule is Cc1nccc(-c2nc(C)c(C(C)C)c(N)n2)n1. The van der Waals surface area contributed by atoms with Crippen molar-refractivity contribution in [3.05, 3.63) is 29.3 Å². The monoisotopic (exact) mass is 243 g/mol. The van der Waals surface area contributed by atoms with Crippen molar-refractivity contribution in [1.29, 1.82) is 0 Å². The van der Waals surface area contributed by atoms with Crippen LogP contribution in [-0.2, 0) is 0 Å². The molecule has 0 aliphatic carbocycles. The molecule has 0 unspecified atom stereocenters. The van der Waals surface area contributed by atoms with E-state index in [-0.39, 0.29) is 0 Å². The Hall–Kier alpha value is -2.04. The van der Waals surface area contributed by atoms with Crippen LogP contribution >= 0.6 is 0 Å². The van der Waals surface area contributed by atoms with E-state index < -0.39 is 0 Å². The van der Waals surface area contributed by atoms with E-state index in [1.54, 1.807) is 12.3 Å². The van der Waals surface area contributed by atoms with Crippen LogP contribution in [0.1, 0.15) is 36.8 Å². The first kappa shape index (κ1) is 12.4. The molecule has 5 nitrogen and oxygen atoms in total. The third-order valence-corrected chi connectivity index (χ3v) is 2.75. The Morgan fingerprint density at radius 3 is 2.39 bits per heavy atom. The third kappa shape index (κ3) is 2.30. The van der Waals surface area contributed by atoms with E-state index in [4.69, 9.17) is 5.73 Å². The molecule has 0 aliphatic rings. The molecule has 0 atom stereocenters. The first-order valence-corrected chi connectivity index (χ1v) is 5.93. The molecule has 2 aromatic heterocycles. The molecule has 2 heterocycles. The van der Waals surface area contributed by atoms with Gasteiger partial charge in [-0.25, -0.2) is 19.9 Å². The Kier molecular flexibility index (Phi) is 3.23. The molecule has 0 bridgehead atoms. The highest BCUT2D eigenvalue weighted by Crippen LogP contribution is 2.25. The molecular weight excluding hydrogens is 226 g/mol. The molecule has 0 aliphatic heterocycles. The number of nitrogens with zero attached hydrogens (tertiary/aromatic N) is 4. The van der Waals surface area contributed by atoms with Crippen LogP contribution < -0.4 is 5.73 Å². The van der Waals surface area contributed by atoms with Gasteiger partial charge < -0.3 is 5.73 Å². The molecule has 0 fully saturated rings. The van der Waals surface area contributed by atoms with Crippen molar-refractivity contribution in [2.75, 3.05) is 5.73 Å². The zero-order valence-corrected chi connectivity index (χ0v) is 11.1. The van der Waals surface area contributed by atoms with Crippen molar-refractivity contribution < 1.29 is 0 Å². The van der Waals surface area contributed by atoms with Gasteiger partial charge >= 0.3 is 0 Å². The van der Waals surface area contributed by atoms with Crippen LogP contribution in [-0.4, -0.2) is 19.9 Å². The Morgan fingerprint density at radius 2 is 1.83 bits per heavy atom. The Labute approximate surface area is 107 Å². The number of hydrogen-bond donors (Lipinski definition) is 1. The molecule has 5 heteroatoms. The van der Waals surface area contributed by atoms with Gasteiger partial charge in [-0.2, -0.15) is 0 Å². The highest BCUT2D eigenvalue weighted by atomic mass is 15.0. The predicted octanol–water partition coefficient (Wildman–Crippen LogP) is 2.26. The van der Waals surface area contributed by atoms with Gasteiger partial charge in [-0.1, -0.05) is 13.8 Å². The summed E-state index contributed by atoms with van der Waals surface area (Å²) in [5, 5.41) is 0. The lowest BCUT2D eigenvalue weighted by Gasteiger charge is -2.12. The number of aryl methyl sites for hydroxylation is 2. The Bertz CT molecular complexity index is 554. The third-order valence-electron chi connectivity index (χ3n) is 2.75. The lowest BCUT2D eigenvalue weighted by molar-refractivity contribution is 0.835. The van der Waals surface area contributed by atoms with Crippen LogP contribution in [0.25, 0.3) is 11.5 Å². The largest absolute Gasteiger partial charge is 0.383 e. The highest BCUT2D eigenvalue weighted by molar-refractivity contribution is 5.55. The van der Waals surface area contributed by atoms with Crippen LogP contribution in [0.2, 0.25) is 0 Å². The maximum Gasteiger partial charge on any atom is 0.180 e. The fourth-order valence-electron chi connectivity index (χ4n) is 2.01. The van der Waals surface area contributed by atoms with Gasteiger partial charge in [0.25, 0.3) is 0 Å². The van der Waals surface area contributed by atoms with Crippen LogP contribution in [0.3, 0.4) is 0 Å². The average Bonchev–Trinajstić information content (AvgIpc) is 2.27. The second-order valence-corrected chi connectivity index (χ2v) is 4.58. The number of hydrogen-bond acceptors (Lipinski definition) is 5. The summed E-state index contributed by atoms with van der Waals surface area (Å²) in [7, 11) is 0. The maximum absolute atomic E-state index is 6.00. The van der Waals surface area contributed by atoms with E-state index in [0.717, 1.165) is 11.3 Å². The molecule has 0 saturated heterocycles. The van der Waals surface area contributed by atoms with Crippen molar-refractivity contribution >= 4 is 5.82 Å². The van der Waals surface area contributed by atoms with Crippen molar-refractivity contribution in [2.24, 2.45) is 0 Å². The number of nitrogens with two attached hydrogens (primary N) is 1. The quantitative estimate of drug-likeness (QED) is 0.875. The fraction of sp³-hybridized carbons (Fsp3) is 0.385. The second-order valence-electron chi connectivity index (χ2n) is 4.58. The summed E-state index contributed by atoms with van der Waals surface area (Å²) in [6.45, 7) is 7.94. The molecule has 0 amide bonds. The van der Waals surface area contributed by atoms with Gasteiger partial charge in [0.2, 0.25) is 0 Å². The van der Waals surface area contributed by atoms with Crippen molar-refractivity contribution in [3.8, 4) is 11.5 Å². The summed E-state index contributed by atoms with van der Waals surface area (Å²) < 4.78 is 0.